The summed E-state index contributed by atoms with van der Waals surface area (Å²) in [5, 5.41) is 3.33. The number of benzene rings is 1. The first-order chi connectivity index (χ1) is 7.22. The summed E-state index contributed by atoms with van der Waals surface area (Å²) < 4.78 is 7.86. The molecule has 2 rings (SSSR count). The first-order valence-electron chi connectivity index (χ1n) is 5.01. The van der Waals surface area contributed by atoms with Crippen molar-refractivity contribution in [3.8, 4) is 5.75 Å². The third-order valence-electron chi connectivity index (χ3n) is 2.64. The highest BCUT2D eigenvalue weighted by molar-refractivity contribution is 9.11. The summed E-state index contributed by atoms with van der Waals surface area (Å²) >= 11 is 7.05. The molecule has 1 aromatic carbocycles. The van der Waals surface area contributed by atoms with Gasteiger partial charge in [-0.1, -0.05) is 15.9 Å². The van der Waals surface area contributed by atoms with Crippen LogP contribution in [0.5, 0.6) is 5.75 Å². The van der Waals surface area contributed by atoms with E-state index >= 15 is 0 Å². The predicted molar refractivity (Wildman–Crippen MR) is 68.4 cm³/mol. The summed E-state index contributed by atoms with van der Waals surface area (Å²) in [5.74, 6) is 0.982. The molecule has 1 heterocycles. The molecule has 1 unspecified atom stereocenters. The van der Waals surface area contributed by atoms with Crippen LogP contribution in [0.1, 0.15) is 24.4 Å². The second-order valence-electron chi connectivity index (χ2n) is 3.64. The van der Waals surface area contributed by atoms with Gasteiger partial charge in [0.05, 0.1) is 11.1 Å². The Morgan fingerprint density at radius 2 is 2.20 bits per heavy atom. The van der Waals surface area contributed by atoms with Gasteiger partial charge in [0, 0.05) is 16.1 Å². The molecule has 0 amide bonds. The van der Waals surface area contributed by atoms with Crippen LogP contribution >= 0.6 is 31.9 Å². The number of halogens is 2. The lowest BCUT2D eigenvalue weighted by molar-refractivity contribution is 0.313. The average molecular weight is 335 g/mol. The Bertz CT molecular complexity index is 368. The van der Waals surface area contributed by atoms with Crippen molar-refractivity contribution in [2.75, 3.05) is 13.7 Å². The van der Waals surface area contributed by atoms with Crippen LogP contribution in [0.4, 0.5) is 0 Å². The number of nitrogens with one attached hydrogen (secondary N) is 1. The average Bonchev–Trinajstić information content (AvgIpc) is 2.39. The molecule has 1 aliphatic rings. The van der Waals surface area contributed by atoms with Crippen LogP contribution in [0.3, 0.4) is 0 Å². The van der Waals surface area contributed by atoms with Gasteiger partial charge in [0.2, 0.25) is 0 Å². The van der Waals surface area contributed by atoms with Crippen molar-refractivity contribution < 1.29 is 4.74 Å². The Kier molecular flexibility index (Phi) is 3.69. The van der Waals surface area contributed by atoms with Gasteiger partial charge in [0.15, 0.2) is 0 Å². The molecule has 0 bridgehead atoms. The molecule has 0 saturated heterocycles. The van der Waals surface area contributed by atoms with E-state index in [0.29, 0.717) is 6.04 Å². The van der Waals surface area contributed by atoms with Gasteiger partial charge in [-0.25, -0.2) is 0 Å². The maximum atomic E-state index is 5.76. The quantitative estimate of drug-likeness (QED) is 0.846. The van der Waals surface area contributed by atoms with Crippen LogP contribution < -0.4 is 10.1 Å². The molecule has 0 aliphatic carbocycles. The molecule has 0 spiro atoms. The summed E-state index contributed by atoms with van der Waals surface area (Å²) in [5.41, 5.74) is 1.23. The van der Waals surface area contributed by atoms with Crippen LogP contribution in [0.15, 0.2) is 21.1 Å². The van der Waals surface area contributed by atoms with Gasteiger partial charge >= 0.3 is 0 Å². The van der Waals surface area contributed by atoms with Crippen molar-refractivity contribution in [1.29, 1.82) is 0 Å². The third-order valence-corrected chi connectivity index (χ3v) is 3.69. The van der Waals surface area contributed by atoms with E-state index in [4.69, 9.17) is 4.74 Å². The summed E-state index contributed by atoms with van der Waals surface area (Å²) in [7, 11) is 1.99. The molecular weight excluding hydrogens is 322 g/mol. The third kappa shape index (κ3) is 2.37. The lowest BCUT2D eigenvalue weighted by Gasteiger charge is -2.17. The standard InChI is InChI=1S/C11H13Br2NO/c1-14-10-3-2-4-15-11-8(10)5-7(12)6-9(11)13/h5-6,10,14H,2-4H2,1H3. The van der Waals surface area contributed by atoms with Gasteiger partial charge in [-0.2, -0.15) is 0 Å². The van der Waals surface area contributed by atoms with Crippen LogP contribution in [0.25, 0.3) is 0 Å². The highest BCUT2D eigenvalue weighted by atomic mass is 79.9. The fraction of sp³-hybridized carbons (Fsp3) is 0.455. The van der Waals surface area contributed by atoms with Crippen molar-refractivity contribution in [2.45, 2.75) is 18.9 Å². The van der Waals surface area contributed by atoms with E-state index in [0.717, 1.165) is 34.1 Å². The zero-order chi connectivity index (χ0) is 10.8. The van der Waals surface area contributed by atoms with E-state index in [1.165, 1.54) is 5.56 Å². The normalized spacial score (nSPS) is 20.3. The Balaban J connectivity index is 2.50. The zero-order valence-electron chi connectivity index (χ0n) is 8.52. The maximum Gasteiger partial charge on any atom is 0.138 e. The lowest BCUT2D eigenvalue weighted by atomic mass is 10.0. The van der Waals surface area contributed by atoms with Crippen molar-refractivity contribution in [1.82, 2.24) is 5.32 Å². The fourth-order valence-electron chi connectivity index (χ4n) is 1.91. The van der Waals surface area contributed by atoms with E-state index in [2.05, 4.69) is 43.2 Å². The highest BCUT2D eigenvalue weighted by Gasteiger charge is 2.20. The molecule has 15 heavy (non-hydrogen) atoms. The summed E-state index contributed by atoms with van der Waals surface area (Å²) in [6.07, 6.45) is 2.20. The topological polar surface area (TPSA) is 21.3 Å². The van der Waals surface area contributed by atoms with Gasteiger partial charge in [-0.05, 0) is 48.0 Å². The number of fused-ring (bicyclic) bond motifs is 1. The summed E-state index contributed by atoms with van der Waals surface area (Å²) in [6, 6.07) is 4.54. The predicted octanol–water partition coefficient (Wildman–Crippen LogP) is 3.64. The van der Waals surface area contributed by atoms with Crippen molar-refractivity contribution in [2.24, 2.45) is 0 Å². The van der Waals surface area contributed by atoms with E-state index in [1.807, 2.05) is 13.1 Å². The Morgan fingerprint density at radius 3 is 2.93 bits per heavy atom. The Hall–Kier alpha value is -0.0600. The minimum Gasteiger partial charge on any atom is -0.492 e. The molecule has 1 aliphatic heterocycles. The highest BCUT2D eigenvalue weighted by Crippen LogP contribution is 2.39. The van der Waals surface area contributed by atoms with Crippen LogP contribution in [-0.4, -0.2) is 13.7 Å². The van der Waals surface area contributed by atoms with E-state index in [9.17, 15) is 0 Å². The van der Waals surface area contributed by atoms with Crippen molar-refractivity contribution >= 4 is 31.9 Å². The first kappa shape index (κ1) is 11.4. The number of hydrogen-bond acceptors (Lipinski definition) is 2. The number of rotatable bonds is 1. The van der Waals surface area contributed by atoms with Crippen LogP contribution in [-0.2, 0) is 0 Å². The molecule has 0 saturated carbocycles. The van der Waals surface area contributed by atoms with Crippen molar-refractivity contribution in [3.63, 3.8) is 0 Å². The summed E-state index contributed by atoms with van der Waals surface area (Å²) in [4.78, 5) is 0. The molecule has 2 nitrogen and oxygen atoms in total. The van der Waals surface area contributed by atoms with Gasteiger partial charge < -0.3 is 10.1 Å². The largest absolute Gasteiger partial charge is 0.492 e. The lowest BCUT2D eigenvalue weighted by Crippen LogP contribution is -2.15. The number of hydrogen-bond donors (Lipinski definition) is 1. The Morgan fingerprint density at radius 1 is 1.40 bits per heavy atom. The van der Waals surface area contributed by atoms with E-state index in [1.54, 1.807) is 0 Å². The smallest absolute Gasteiger partial charge is 0.138 e. The number of ether oxygens (including phenoxy) is 1. The van der Waals surface area contributed by atoms with Gasteiger partial charge in [0.1, 0.15) is 5.75 Å². The SMILES string of the molecule is CNC1CCCOc2c(Br)cc(Br)cc21. The molecule has 0 fully saturated rings. The first-order valence-corrected chi connectivity index (χ1v) is 6.60. The van der Waals surface area contributed by atoms with Crippen molar-refractivity contribution in [3.05, 3.63) is 26.6 Å². The summed E-state index contributed by atoms with van der Waals surface area (Å²) in [6.45, 7) is 0.797. The molecule has 1 N–H and O–H groups in total. The Labute approximate surface area is 107 Å². The molecule has 1 atom stereocenters. The van der Waals surface area contributed by atoms with E-state index in [-0.39, 0.29) is 0 Å². The van der Waals surface area contributed by atoms with E-state index < -0.39 is 0 Å². The second kappa shape index (κ2) is 4.85. The molecule has 0 aromatic heterocycles. The molecule has 1 aromatic rings. The molecule has 0 radical (unpaired) electrons. The monoisotopic (exact) mass is 333 g/mol. The second-order valence-corrected chi connectivity index (χ2v) is 5.41. The molecule has 4 heteroatoms. The van der Waals surface area contributed by atoms with Gasteiger partial charge in [-0.3, -0.25) is 0 Å². The van der Waals surface area contributed by atoms with Crippen LogP contribution in [0, 0.1) is 0 Å². The van der Waals surface area contributed by atoms with Gasteiger partial charge in [-0.15, -0.1) is 0 Å². The minimum atomic E-state index is 0.385. The maximum absolute atomic E-state index is 5.76. The van der Waals surface area contributed by atoms with Gasteiger partial charge in [0.25, 0.3) is 0 Å². The molecule has 82 valence electrons. The fourth-order valence-corrected chi connectivity index (χ4v) is 3.28. The molecular formula is C11H13Br2NO. The zero-order valence-corrected chi connectivity index (χ0v) is 11.7. The van der Waals surface area contributed by atoms with Crippen LogP contribution in [0.2, 0.25) is 0 Å². The minimum absolute atomic E-state index is 0.385.